The van der Waals surface area contributed by atoms with Crippen LogP contribution in [-0.4, -0.2) is 19.2 Å². The lowest BCUT2D eigenvalue weighted by Crippen LogP contribution is -2.27. The van der Waals surface area contributed by atoms with E-state index in [0.717, 1.165) is 35.1 Å². The van der Waals surface area contributed by atoms with Crippen LogP contribution in [0, 0.1) is 0 Å². The van der Waals surface area contributed by atoms with E-state index >= 15 is 0 Å². The first-order valence-corrected chi connectivity index (χ1v) is 9.07. The Kier molecular flexibility index (Phi) is 3.03. The molecule has 0 aromatic carbocycles. The molecular weight excluding hydrogens is 336 g/mol. The lowest BCUT2D eigenvalue weighted by atomic mass is 10.2. The number of aryl methyl sites for hydroxylation is 2. The van der Waals surface area contributed by atoms with Gasteiger partial charge in [0.05, 0.1) is 11.6 Å². The van der Waals surface area contributed by atoms with Crippen molar-refractivity contribution >= 4 is 27.2 Å². The molecular formula is C18H16N4O2S. The normalized spacial score (nSPS) is 13.8. The summed E-state index contributed by atoms with van der Waals surface area (Å²) in [5.74, 6) is 1.00. The van der Waals surface area contributed by atoms with Crippen LogP contribution in [0.1, 0.15) is 23.8 Å². The van der Waals surface area contributed by atoms with Gasteiger partial charge >= 0.3 is 5.69 Å². The first kappa shape index (κ1) is 14.7. The van der Waals surface area contributed by atoms with Crippen molar-refractivity contribution in [3.05, 3.63) is 51.5 Å². The van der Waals surface area contributed by atoms with Crippen molar-refractivity contribution in [3.8, 4) is 11.6 Å². The van der Waals surface area contributed by atoms with Gasteiger partial charge in [0.15, 0.2) is 11.4 Å². The molecule has 7 heteroatoms. The molecule has 1 aliphatic carbocycles. The van der Waals surface area contributed by atoms with Crippen LogP contribution in [0.2, 0.25) is 0 Å². The van der Waals surface area contributed by atoms with Gasteiger partial charge < -0.3 is 4.42 Å². The van der Waals surface area contributed by atoms with Crippen LogP contribution in [0.4, 0.5) is 0 Å². The Bertz CT molecular complexity index is 1190. The van der Waals surface area contributed by atoms with Gasteiger partial charge in [-0.3, -0.25) is 4.57 Å². The number of allylic oxidation sites excluding steroid dienone is 1. The number of hydrogen-bond acceptors (Lipinski definition) is 5. The summed E-state index contributed by atoms with van der Waals surface area (Å²) in [5.41, 5.74) is 2.70. The van der Waals surface area contributed by atoms with Gasteiger partial charge in [0.1, 0.15) is 4.83 Å². The number of aromatic nitrogens is 4. The van der Waals surface area contributed by atoms with Crippen molar-refractivity contribution in [2.24, 2.45) is 0 Å². The summed E-state index contributed by atoms with van der Waals surface area (Å²) < 4.78 is 8.59. The van der Waals surface area contributed by atoms with Crippen molar-refractivity contribution in [2.45, 2.75) is 32.7 Å². The van der Waals surface area contributed by atoms with Gasteiger partial charge in [-0.1, -0.05) is 12.2 Å². The highest BCUT2D eigenvalue weighted by Crippen LogP contribution is 2.38. The molecule has 4 aromatic rings. The second kappa shape index (κ2) is 5.16. The molecule has 0 saturated heterocycles. The highest BCUT2D eigenvalue weighted by atomic mass is 32.1. The van der Waals surface area contributed by atoms with Gasteiger partial charge in [0.2, 0.25) is 5.82 Å². The van der Waals surface area contributed by atoms with Gasteiger partial charge in [-0.15, -0.1) is 16.4 Å². The highest BCUT2D eigenvalue weighted by molar-refractivity contribution is 7.19. The molecule has 4 aromatic heterocycles. The first-order chi connectivity index (χ1) is 12.1. The third-order valence-corrected chi connectivity index (χ3v) is 5.88. The van der Waals surface area contributed by atoms with Gasteiger partial charge in [0, 0.05) is 11.4 Å². The lowest BCUT2D eigenvalue weighted by Gasteiger charge is -2.08. The maximum atomic E-state index is 13.0. The largest absolute Gasteiger partial charge is 0.461 e. The predicted molar refractivity (Wildman–Crippen MR) is 97.2 cm³/mol. The van der Waals surface area contributed by atoms with Crippen LogP contribution < -0.4 is 5.69 Å². The Balaban J connectivity index is 1.92. The molecule has 126 valence electrons. The van der Waals surface area contributed by atoms with Crippen molar-refractivity contribution in [2.75, 3.05) is 0 Å². The quantitative estimate of drug-likeness (QED) is 0.530. The summed E-state index contributed by atoms with van der Waals surface area (Å²) >= 11 is 1.71. The first-order valence-electron chi connectivity index (χ1n) is 8.25. The summed E-state index contributed by atoms with van der Waals surface area (Å²) in [7, 11) is 0. The van der Waals surface area contributed by atoms with Crippen molar-refractivity contribution in [1.82, 2.24) is 19.2 Å². The van der Waals surface area contributed by atoms with Crippen LogP contribution in [0.5, 0.6) is 0 Å². The molecule has 0 unspecified atom stereocenters. The molecule has 0 spiro atoms. The molecule has 6 nitrogen and oxygen atoms in total. The average molecular weight is 352 g/mol. The van der Waals surface area contributed by atoms with Crippen LogP contribution in [-0.2, 0) is 19.4 Å². The third-order valence-electron chi connectivity index (χ3n) is 4.56. The Morgan fingerprint density at radius 2 is 2.32 bits per heavy atom. The van der Waals surface area contributed by atoms with E-state index in [2.05, 4.69) is 16.7 Å². The number of nitrogens with zero attached hydrogens (tertiary/aromatic N) is 4. The van der Waals surface area contributed by atoms with Crippen LogP contribution in [0.25, 0.3) is 27.4 Å². The number of furan rings is 1. The minimum absolute atomic E-state index is 0.185. The van der Waals surface area contributed by atoms with E-state index in [1.165, 1.54) is 15.0 Å². The number of thiophene rings is 1. The van der Waals surface area contributed by atoms with Crippen LogP contribution in [0.15, 0.2) is 39.8 Å². The molecule has 0 aliphatic heterocycles. The van der Waals surface area contributed by atoms with Crippen LogP contribution >= 0.6 is 11.3 Å². The Morgan fingerprint density at radius 3 is 3.08 bits per heavy atom. The van der Waals surface area contributed by atoms with Crippen molar-refractivity contribution < 1.29 is 4.42 Å². The molecule has 0 N–H and O–H groups in total. The third kappa shape index (κ3) is 2.05. The molecule has 0 amide bonds. The molecule has 0 radical (unpaired) electrons. The zero-order valence-electron chi connectivity index (χ0n) is 13.8. The molecule has 0 bridgehead atoms. The molecule has 1 aliphatic rings. The SMILES string of the molecule is C=C(C)Cn1c(=O)n2nc(-c3ccco3)nc2c2c3c(sc21)CCC3. The second-order valence-corrected chi connectivity index (χ2v) is 7.60. The van der Waals surface area contributed by atoms with E-state index in [0.29, 0.717) is 23.8 Å². The summed E-state index contributed by atoms with van der Waals surface area (Å²) in [4.78, 5) is 20.0. The second-order valence-electron chi connectivity index (χ2n) is 6.51. The summed E-state index contributed by atoms with van der Waals surface area (Å²) in [6.07, 6.45) is 4.83. The van der Waals surface area contributed by atoms with Crippen LogP contribution in [0.3, 0.4) is 0 Å². The van der Waals surface area contributed by atoms with Gasteiger partial charge in [-0.05, 0) is 43.9 Å². The lowest BCUT2D eigenvalue weighted by molar-refractivity contribution is 0.576. The maximum Gasteiger partial charge on any atom is 0.352 e. The monoisotopic (exact) mass is 352 g/mol. The molecule has 0 fully saturated rings. The zero-order valence-corrected chi connectivity index (χ0v) is 14.6. The standard InChI is InChI=1S/C18H16N4O2S/c1-10(2)9-21-17-14(11-5-3-7-13(11)25-17)16-19-15(12-6-4-8-24-12)20-22(16)18(21)23/h4,6,8H,1,3,5,7,9H2,2H3. The van der Waals surface area contributed by atoms with E-state index in [1.54, 1.807) is 34.3 Å². The van der Waals surface area contributed by atoms with Gasteiger partial charge in [0.25, 0.3) is 0 Å². The number of rotatable bonds is 3. The van der Waals surface area contributed by atoms with Crippen molar-refractivity contribution in [3.63, 3.8) is 0 Å². The topological polar surface area (TPSA) is 65.3 Å². The predicted octanol–water partition coefficient (Wildman–Crippen LogP) is 3.43. The summed E-state index contributed by atoms with van der Waals surface area (Å²) in [6, 6.07) is 3.59. The average Bonchev–Trinajstić information content (AvgIpc) is 3.31. The van der Waals surface area contributed by atoms with Crippen molar-refractivity contribution in [1.29, 1.82) is 0 Å². The highest BCUT2D eigenvalue weighted by Gasteiger charge is 2.25. The van der Waals surface area contributed by atoms with E-state index < -0.39 is 0 Å². The molecule has 0 atom stereocenters. The fraction of sp³-hybridized carbons (Fsp3) is 0.278. The van der Waals surface area contributed by atoms with Gasteiger partial charge in [-0.25, -0.2) is 9.78 Å². The summed E-state index contributed by atoms with van der Waals surface area (Å²) in [5, 5.41) is 5.49. The number of hydrogen-bond donors (Lipinski definition) is 0. The molecule has 5 rings (SSSR count). The Labute approximate surface area is 147 Å². The minimum Gasteiger partial charge on any atom is -0.461 e. The maximum absolute atomic E-state index is 13.0. The summed E-state index contributed by atoms with van der Waals surface area (Å²) in [6.45, 7) is 6.39. The fourth-order valence-corrected chi connectivity index (χ4v) is 4.92. The van der Waals surface area contributed by atoms with E-state index in [1.807, 2.05) is 6.92 Å². The Hall–Kier alpha value is -2.67. The molecule has 25 heavy (non-hydrogen) atoms. The molecule has 4 heterocycles. The van der Waals surface area contributed by atoms with E-state index in [9.17, 15) is 4.79 Å². The zero-order chi connectivity index (χ0) is 17.1. The minimum atomic E-state index is -0.185. The van der Waals surface area contributed by atoms with Gasteiger partial charge in [-0.2, -0.15) is 4.52 Å². The van der Waals surface area contributed by atoms with E-state index in [4.69, 9.17) is 4.42 Å². The molecule has 0 saturated carbocycles. The smallest absolute Gasteiger partial charge is 0.352 e. The van der Waals surface area contributed by atoms with E-state index in [-0.39, 0.29) is 5.69 Å². The number of fused-ring (bicyclic) bond motifs is 5. The fourth-order valence-electron chi connectivity index (χ4n) is 3.54. The Morgan fingerprint density at radius 1 is 1.44 bits per heavy atom.